The van der Waals surface area contributed by atoms with Gasteiger partial charge < -0.3 is 26.2 Å². The van der Waals surface area contributed by atoms with Crippen molar-refractivity contribution in [2.24, 2.45) is 0 Å². The van der Waals surface area contributed by atoms with E-state index in [1.165, 1.54) is 11.6 Å². The number of esters is 1. The monoisotopic (exact) mass is 341 g/mol. The van der Waals surface area contributed by atoms with E-state index in [2.05, 4.69) is 44.7 Å². The van der Waals surface area contributed by atoms with Gasteiger partial charge in [0, 0.05) is 11.6 Å². The summed E-state index contributed by atoms with van der Waals surface area (Å²) in [6.07, 6.45) is 1.21. The molecule has 0 bridgehead atoms. The van der Waals surface area contributed by atoms with Crippen LogP contribution in [0.5, 0.6) is 0 Å². The zero-order valence-corrected chi connectivity index (χ0v) is 13.9. The molecule has 20 heavy (non-hydrogen) atoms. The Kier molecular flexibility index (Phi) is 9.17. The first-order chi connectivity index (χ1) is 9.15. The lowest BCUT2D eigenvalue weighted by Crippen LogP contribution is -3.00. The topological polar surface area (TPSA) is 26.3 Å². The molecule has 0 saturated heterocycles. The van der Waals surface area contributed by atoms with Crippen LogP contribution in [0, 0.1) is 0 Å². The zero-order valence-electron chi connectivity index (χ0n) is 12.3. The van der Waals surface area contributed by atoms with Gasteiger partial charge in [0.1, 0.15) is 19.7 Å². The lowest BCUT2D eigenvalue weighted by atomic mass is 10.2. The third-order valence-corrected chi connectivity index (χ3v) is 3.68. The summed E-state index contributed by atoms with van der Waals surface area (Å²) in [5, 5.41) is 0. The maximum absolute atomic E-state index is 11.1. The van der Waals surface area contributed by atoms with Crippen LogP contribution < -0.4 is 17.0 Å². The van der Waals surface area contributed by atoms with Crippen molar-refractivity contribution >= 4 is 5.97 Å². The maximum atomic E-state index is 11.1. The number of carbonyl (C=O) groups is 1. The number of rotatable bonds is 8. The molecule has 0 heterocycles. The molecule has 112 valence electrons. The fourth-order valence-electron chi connectivity index (χ4n) is 2.21. The molecule has 0 amide bonds. The first kappa shape index (κ1) is 18.9. The highest BCUT2D eigenvalue weighted by Crippen LogP contribution is 2.14. The second-order valence-corrected chi connectivity index (χ2v) is 4.71. The highest BCUT2D eigenvalue weighted by atomic mass is 79.9. The first-order valence-corrected chi connectivity index (χ1v) is 6.84. The molecule has 0 N–H and O–H groups in total. The molecule has 0 unspecified atom stereocenters. The minimum atomic E-state index is -0.343. The maximum Gasteiger partial charge on any atom is 0.330 e. The van der Waals surface area contributed by atoms with Gasteiger partial charge in [0.05, 0.1) is 13.1 Å². The Hall–Kier alpha value is -1.13. The summed E-state index contributed by atoms with van der Waals surface area (Å²) in [5.74, 6) is -0.343. The van der Waals surface area contributed by atoms with Gasteiger partial charge in [-0.25, -0.2) is 4.79 Å². The van der Waals surface area contributed by atoms with Crippen LogP contribution in [0.2, 0.25) is 0 Å². The highest BCUT2D eigenvalue weighted by molar-refractivity contribution is 5.81. The molecule has 0 radical (unpaired) electrons. The summed E-state index contributed by atoms with van der Waals surface area (Å²) in [4.78, 5) is 11.1. The van der Waals surface area contributed by atoms with E-state index in [1.807, 2.05) is 6.07 Å². The Balaban J connectivity index is 0.00000361. The van der Waals surface area contributed by atoms with E-state index in [0.29, 0.717) is 6.61 Å². The Morgan fingerprint density at radius 2 is 1.85 bits per heavy atom. The van der Waals surface area contributed by atoms with Gasteiger partial charge in [0.2, 0.25) is 0 Å². The van der Waals surface area contributed by atoms with E-state index < -0.39 is 0 Å². The molecule has 1 aromatic carbocycles. The molecular formula is C16H24BrNO2. The first-order valence-electron chi connectivity index (χ1n) is 6.84. The highest BCUT2D eigenvalue weighted by Gasteiger charge is 2.23. The summed E-state index contributed by atoms with van der Waals surface area (Å²) in [6, 6.07) is 10.4. The molecule has 0 atom stereocenters. The number of hydrogen-bond acceptors (Lipinski definition) is 2. The number of hydrogen-bond donors (Lipinski definition) is 0. The van der Waals surface area contributed by atoms with Crippen molar-refractivity contribution in [1.29, 1.82) is 0 Å². The number of halogens is 1. The van der Waals surface area contributed by atoms with Crippen LogP contribution in [0.25, 0.3) is 0 Å². The van der Waals surface area contributed by atoms with Gasteiger partial charge in [-0.2, -0.15) is 0 Å². The van der Waals surface area contributed by atoms with Crippen LogP contribution in [-0.2, 0) is 16.1 Å². The van der Waals surface area contributed by atoms with Crippen molar-refractivity contribution in [2.45, 2.75) is 20.4 Å². The van der Waals surface area contributed by atoms with E-state index in [4.69, 9.17) is 4.74 Å². The van der Waals surface area contributed by atoms with Crippen LogP contribution in [0.4, 0.5) is 0 Å². The van der Waals surface area contributed by atoms with Crippen molar-refractivity contribution in [1.82, 2.24) is 0 Å². The third-order valence-electron chi connectivity index (χ3n) is 3.68. The number of carbonyl (C=O) groups excluding carboxylic acids is 1. The van der Waals surface area contributed by atoms with Crippen LogP contribution in [-0.4, -0.2) is 36.7 Å². The minimum absolute atomic E-state index is 0. The molecule has 1 rings (SSSR count). The molecule has 0 aliphatic rings. The molecule has 0 aliphatic carbocycles. The van der Waals surface area contributed by atoms with Gasteiger partial charge in [0.15, 0.2) is 0 Å². The molecular weight excluding hydrogens is 318 g/mol. The third kappa shape index (κ3) is 5.88. The summed E-state index contributed by atoms with van der Waals surface area (Å²) in [7, 11) is 0. The number of benzene rings is 1. The van der Waals surface area contributed by atoms with Gasteiger partial charge in [-0.3, -0.25) is 0 Å². The number of nitrogens with zero attached hydrogens (tertiary/aromatic N) is 1. The molecule has 3 nitrogen and oxygen atoms in total. The average molecular weight is 342 g/mol. The quantitative estimate of drug-likeness (QED) is 0.371. The predicted molar refractivity (Wildman–Crippen MR) is 77.5 cm³/mol. The molecule has 1 aromatic rings. The number of ether oxygens (including phenoxy) is 1. The normalized spacial score (nSPS) is 10.5. The molecule has 0 aromatic heterocycles. The van der Waals surface area contributed by atoms with E-state index in [9.17, 15) is 4.79 Å². The lowest BCUT2D eigenvalue weighted by molar-refractivity contribution is -0.937. The van der Waals surface area contributed by atoms with Crippen molar-refractivity contribution in [3.8, 4) is 0 Å². The van der Waals surface area contributed by atoms with Crippen molar-refractivity contribution in [3.05, 3.63) is 48.6 Å². The molecule has 4 heteroatoms. The Bertz CT molecular complexity index is 402. The van der Waals surface area contributed by atoms with Crippen LogP contribution in [0.1, 0.15) is 19.4 Å². The summed E-state index contributed by atoms with van der Waals surface area (Å²) in [5.41, 5.74) is 1.32. The van der Waals surface area contributed by atoms with E-state index in [0.717, 1.165) is 30.7 Å². The smallest absolute Gasteiger partial charge is 0.330 e. The molecule has 0 saturated carbocycles. The minimum Gasteiger partial charge on any atom is -1.00 e. The second kappa shape index (κ2) is 9.72. The Labute approximate surface area is 132 Å². The summed E-state index contributed by atoms with van der Waals surface area (Å²) >= 11 is 0. The lowest BCUT2D eigenvalue weighted by Gasteiger charge is -2.36. The van der Waals surface area contributed by atoms with Crippen molar-refractivity contribution in [2.75, 3.05) is 26.2 Å². The summed E-state index contributed by atoms with van der Waals surface area (Å²) in [6.45, 7) is 12.1. The van der Waals surface area contributed by atoms with Crippen LogP contribution in [0.3, 0.4) is 0 Å². The van der Waals surface area contributed by atoms with E-state index in [1.54, 1.807) is 0 Å². The van der Waals surface area contributed by atoms with Gasteiger partial charge in [0.25, 0.3) is 0 Å². The Morgan fingerprint density at radius 3 is 2.35 bits per heavy atom. The number of quaternary nitrogens is 1. The fraction of sp³-hybridized carbons (Fsp3) is 0.438. The van der Waals surface area contributed by atoms with Crippen molar-refractivity contribution in [3.63, 3.8) is 0 Å². The van der Waals surface area contributed by atoms with Crippen molar-refractivity contribution < 1.29 is 31.0 Å². The Morgan fingerprint density at radius 1 is 1.25 bits per heavy atom. The van der Waals surface area contributed by atoms with Gasteiger partial charge >= 0.3 is 5.97 Å². The predicted octanol–water partition coefficient (Wildman–Crippen LogP) is -0.224. The average Bonchev–Trinajstić information content (AvgIpc) is 2.47. The van der Waals surface area contributed by atoms with Crippen LogP contribution >= 0.6 is 0 Å². The molecule has 0 fully saturated rings. The zero-order chi connectivity index (χ0) is 14.1. The van der Waals surface area contributed by atoms with Gasteiger partial charge in [-0.05, 0) is 13.8 Å². The SMILES string of the molecule is C=CC(=O)OCC[N+](CC)(CC)Cc1ccccc1.[Br-]. The second-order valence-electron chi connectivity index (χ2n) is 4.71. The molecule has 0 spiro atoms. The van der Waals surface area contributed by atoms with Crippen LogP contribution in [0.15, 0.2) is 43.0 Å². The molecule has 0 aliphatic heterocycles. The standard InChI is InChI=1S/C16H24NO2.BrH/c1-4-16(18)19-13-12-17(5-2,6-3)14-15-10-8-7-9-11-15;/h4,7-11H,1,5-6,12-14H2,2-3H3;1H/q+1;/p-1. The van der Waals surface area contributed by atoms with E-state index in [-0.39, 0.29) is 23.0 Å². The van der Waals surface area contributed by atoms with Gasteiger partial charge in [-0.1, -0.05) is 36.9 Å². The summed E-state index contributed by atoms with van der Waals surface area (Å²) < 4.78 is 6.04. The fourth-order valence-corrected chi connectivity index (χ4v) is 2.21. The number of likely N-dealkylation sites (N-methyl/N-ethyl adjacent to an activating group) is 1. The van der Waals surface area contributed by atoms with Gasteiger partial charge in [-0.15, -0.1) is 0 Å². The largest absolute Gasteiger partial charge is 1.00 e. The van der Waals surface area contributed by atoms with E-state index >= 15 is 0 Å².